The van der Waals surface area contributed by atoms with Crippen molar-refractivity contribution in [2.45, 2.75) is 45.6 Å². The molecule has 0 saturated heterocycles. The molecule has 1 heterocycles. The Balaban J connectivity index is 0.00000187. The van der Waals surface area contributed by atoms with Gasteiger partial charge in [-0.05, 0) is 55.0 Å². The summed E-state index contributed by atoms with van der Waals surface area (Å²) in [7, 11) is -2.36. The summed E-state index contributed by atoms with van der Waals surface area (Å²) in [5.41, 5.74) is 2.83. The van der Waals surface area contributed by atoms with E-state index in [1.54, 1.807) is 54.2 Å². The van der Waals surface area contributed by atoms with Crippen LogP contribution < -0.4 is 5.32 Å². The van der Waals surface area contributed by atoms with Gasteiger partial charge in [0.1, 0.15) is 12.4 Å². The van der Waals surface area contributed by atoms with E-state index in [2.05, 4.69) is 30.8 Å². The van der Waals surface area contributed by atoms with E-state index in [-0.39, 0.29) is 36.3 Å². The van der Waals surface area contributed by atoms with Crippen molar-refractivity contribution in [3.05, 3.63) is 90.0 Å². The fourth-order valence-electron chi connectivity index (χ4n) is 3.63. The van der Waals surface area contributed by atoms with Crippen molar-refractivity contribution in [3.8, 4) is 5.69 Å². The van der Waals surface area contributed by atoms with Gasteiger partial charge in [0.15, 0.2) is 0 Å². The maximum atomic E-state index is 13.3. The van der Waals surface area contributed by atoms with Crippen molar-refractivity contribution in [1.29, 1.82) is 0 Å². The fraction of sp³-hybridized carbons (Fsp3) is 0.300. The number of hydrogen-bond donors (Lipinski definition) is 1. The highest BCUT2D eigenvalue weighted by Crippen LogP contribution is 2.24. The highest BCUT2D eigenvalue weighted by Gasteiger charge is 2.21. The molecule has 1 N–H and O–H groups in total. The number of ether oxygens (including phenoxy) is 1. The second-order valence-corrected chi connectivity index (χ2v) is 11.0. The van der Waals surface area contributed by atoms with Gasteiger partial charge in [0.2, 0.25) is 10.0 Å². The molecule has 0 fully saturated rings. The van der Waals surface area contributed by atoms with Crippen molar-refractivity contribution in [3.63, 3.8) is 0 Å². The lowest BCUT2D eigenvalue weighted by molar-refractivity contribution is -0.141. The van der Waals surface area contributed by atoms with Crippen LogP contribution in [0, 0.1) is 5.82 Å². The molecule has 0 aliphatic carbocycles. The number of hydrogen-bond acceptors (Lipinski definition) is 6. The first kappa shape index (κ1) is 33.1. The molecule has 0 spiro atoms. The number of sulfonamides is 1. The largest absolute Gasteiger partial charge is 0.464 e. The minimum absolute atomic E-state index is 0.0241. The second-order valence-electron chi connectivity index (χ2n) is 8.94. The average molecular weight is 585 g/mol. The van der Waals surface area contributed by atoms with Crippen LogP contribution >= 0.6 is 0 Å². The molecule has 3 rings (SSSR count). The Kier molecular flexibility index (Phi) is 12.6. The molecule has 0 radical (unpaired) electrons. The first-order valence-electron chi connectivity index (χ1n) is 13.1. The van der Waals surface area contributed by atoms with Crippen molar-refractivity contribution in [2.24, 2.45) is 0 Å². The molecule has 41 heavy (non-hydrogen) atoms. The minimum Gasteiger partial charge on any atom is -0.464 e. The Morgan fingerprint density at radius 2 is 1.73 bits per heavy atom. The van der Waals surface area contributed by atoms with Gasteiger partial charge in [0.05, 0.1) is 22.5 Å². The molecule has 0 aliphatic heterocycles. The number of halogens is 1. The Hall–Kier alpha value is -4.09. The number of nitrogens with one attached hydrogen (secondary N) is 1. The molecule has 2 aromatic carbocycles. The molecule has 9 nitrogen and oxygen atoms in total. The van der Waals surface area contributed by atoms with Gasteiger partial charge in [0, 0.05) is 38.2 Å². The summed E-state index contributed by atoms with van der Waals surface area (Å²) < 4.78 is 46.3. The topological polar surface area (TPSA) is 111 Å². The summed E-state index contributed by atoms with van der Waals surface area (Å²) in [5, 5.41) is 7.19. The predicted molar refractivity (Wildman–Crippen MR) is 158 cm³/mol. The predicted octanol–water partition coefficient (Wildman–Crippen LogP) is 4.97. The Labute approximate surface area is 241 Å². The number of rotatable bonds is 11. The first-order chi connectivity index (χ1) is 19.5. The third kappa shape index (κ3) is 8.95. The molecular weight excluding hydrogens is 547 g/mol. The first-order valence-corrected chi connectivity index (χ1v) is 14.5. The smallest absolute Gasteiger partial charge is 0.302 e. The lowest BCUT2D eigenvalue weighted by Crippen LogP contribution is -2.30. The number of amides is 1. The van der Waals surface area contributed by atoms with Gasteiger partial charge < -0.3 is 10.1 Å². The lowest BCUT2D eigenvalue weighted by Gasteiger charge is -2.17. The van der Waals surface area contributed by atoms with Crippen LogP contribution in [0.2, 0.25) is 0 Å². The van der Waals surface area contributed by atoms with Crippen LogP contribution in [0.25, 0.3) is 17.3 Å². The molecule has 0 atom stereocenters. The quantitative estimate of drug-likeness (QED) is 0.252. The van der Waals surface area contributed by atoms with Gasteiger partial charge in [-0.2, -0.15) is 9.40 Å². The maximum Gasteiger partial charge on any atom is 0.302 e. The van der Waals surface area contributed by atoms with Crippen LogP contribution in [0.3, 0.4) is 0 Å². The fourth-order valence-corrected chi connectivity index (χ4v) is 4.79. The van der Waals surface area contributed by atoms with Crippen molar-refractivity contribution in [2.75, 3.05) is 20.2 Å². The van der Waals surface area contributed by atoms with E-state index in [1.807, 2.05) is 0 Å². The summed E-state index contributed by atoms with van der Waals surface area (Å²) in [4.78, 5) is 24.0. The highest BCUT2D eigenvalue weighted by molar-refractivity contribution is 7.89. The summed E-state index contributed by atoms with van der Waals surface area (Å²) in [6.45, 7) is 11.2. The number of carbonyl (C=O) groups is 2. The average Bonchev–Trinajstić information content (AvgIpc) is 3.36. The lowest BCUT2D eigenvalue weighted by atomic mass is 10.1. The Bertz CT molecular complexity index is 1460. The number of benzene rings is 2. The Morgan fingerprint density at radius 3 is 2.27 bits per heavy atom. The maximum absolute atomic E-state index is 13.3. The molecule has 3 aromatic rings. The van der Waals surface area contributed by atoms with E-state index in [1.165, 1.54) is 44.7 Å². The number of esters is 1. The van der Waals surface area contributed by atoms with Gasteiger partial charge in [-0.25, -0.2) is 17.5 Å². The number of likely N-dealkylation sites (N-methyl/N-ethyl adjacent to an activating group) is 1. The van der Waals surface area contributed by atoms with Crippen molar-refractivity contribution in [1.82, 2.24) is 19.4 Å². The van der Waals surface area contributed by atoms with Gasteiger partial charge in [0.25, 0.3) is 5.91 Å². The summed E-state index contributed by atoms with van der Waals surface area (Å²) >= 11 is 0. The van der Waals surface area contributed by atoms with Crippen LogP contribution in [-0.2, 0) is 30.9 Å². The molecule has 1 aromatic heterocycles. The molecule has 11 heteroatoms. The SMILES string of the molecule is C=Cc1c(/C(=C\C)C(=O)NCc2ccc(S(=O)(=O)N(C)CCOC(C)=O)cc2)cnn1-c1ccc(F)cc1.CCC. The summed E-state index contributed by atoms with van der Waals surface area (Å²) in [6, 6.07) is 12.0. The van der Waals surface area contributed by atoms with Gasteiger partial charge in [-0.3, -0.25) is 9.59 Å². The standard InChI is InChI=1S/C27H29FN4O5S.C3H8/c1-5-24(25-18-30-32(26(25)6-2)22-11-9-21(28)10-12-22)27(34)29-17-20-7-13-23(14-8-20)38(35,36)31(4)15-16-37-19(3)33;1-3-2/h5-14,18H,2,15-17H2,1,3-4H3,(H,29,34);3H2,1-2H3/b24-5+;. The zero-order chi connectivity index (χ0) is 30.6. The van der Waals surface area contributed by atoms with Crippen molar-refractivity contribution < 1.29 is 27.1 Å². The van der Waals surface area contributed by atoms with Crippen LogP contribution in [0.1, 0.15) is 50.9 Å². The van der Waals surface area contributed by atoms with Crippen molar-refractivity contribution >= 4 is 33.5 Å². The van der Waals surface area contributed by atoms with E-state index >= 15 is 0 Å². The monoisotopic (exact) mass is 584 g/mol. The van der Waals surface area contributed by atoms with Crippen LogP contribution in [-0.4, -0.2) is 54.6 Å². The third-order valence-corrected chi connectivity index (χ3v) is 7.56. The van der Waals surface area contributed by atoms with Gasteiger partial charge in [-0.15, -0.1) is 0 Å². The molecular formula is C30H37FN4O5S. The summed E-state index contributed by atoms with van der Waals surface area (Å²) in [6.07, 6.45) is 6.04. The molecule has 0 bridgehead atoms. The number of nitrogens with zero attached hydrogens (tertiary/aromatic N) is 3. The number of allylic oxidation sites excluding steroid dienone is 1. The molecule has 0 aliphatic rings. The molecule has 0 saturated carbocycles. The molecule has 1 amide bonds. The van der Waals surface area contributed by atoms with Crippen LogP contribution in [0.4, 0.5) is 4.39 Å². The molecule has 220 valence electrons. The van der Waals surface area contributed by atoms with E-state index < -0.39 is 16.0 Å². The van der Waals surface area contributed by atoms with E-state index in [0.717, 1.165) is 4.31 Å². The van der Waals surface area contributed by atoms with E-state index in [4.69, 9.17) is 4.74 Å². The normalized spacial score (nSPS) is 11.4. The summed E-state index contributed by atoms with van der Waals surface area (Å²) in [5.74, 6) is -1.20. The number of aromatic nitrogens is 2. The Morgan fingerprint density at radius 1 is 1.12 bits per heavy atom. The van der Waals surface area contributed by atoms with Crippen LogP contribution in [0.5, 0.6) is 0 Å². The highest BCUT2D eigenvalue weighted by atomic mass is 32.2. The number of carbonyl (C=O) groups excluding carboxylic acids is 2. The minimum atomic E-state index is -3.76. The second kappa shape index (κ2) is 15.6. The third-order valence-electron chi connectivity index (χ3n) is 5.69. The van der Waals surface area contributed by atoms with Crippen LogP contribution in [0.15, 0.2) is 72.3 Å². The van der Waals surface area contributed by atoms with E-state index in [0.29, 0.717) is 28.1 Å². The van der Waals surface area contributed by atoms with Gasteiger partial charge in [-0.1, -0.05) is 45.1 Å². The van der Waals surface area contributed by atoms with Gasteiger partial charge >= 0.3 is 5.97 Å². The zero-order valence-electron chi connectivity index (χ0n) is 24.1. The molecule has 0 unspecified atom stereocenters. The zero-order valence-corrected chi connectivity index (χ0v) is 24.9. The van der Waals surface area contributed by atoms with E-state index in [9.17, 15) is 22.4 Å².